The van der Waals surface area contributed by atoms with Gasteiger partial charge in [-0.25, -0.2) is 10.1 Å². The van der Waals surface area contributed by atoms with Crippen LogP contribution in [0.25, 0.3) is 5.69 Å². The van der Waals surface area contributed by atoms with Gasteiger partial charge >= 0.3 is 0 Å². The number of aromatic amines is 1. The van der Waals surface area contributed by atoms with Crippen LogP contribution >= 0.6 is 0 Å². The lowest BCUT2D eigenvalue weighted by atomic mass is 10.2. The Morgan fingerprint density at radius 3 is 2.78 bits per heavy atom. The Labute approximate surface area is 154 Å². The average Bonchev–Trinajstić information content (AvgIpc) is 3.27. The van der Waals surface area contributed by atoms with Gasteiger partial charge in [-0.15, -0.1) is 0 Å². The number of carbonyl (C=O) groups is 1. The third kappa shape index (κ3) is 3.20. The predicted molar refractivity (Wildman–Crippen MR) is 98.8 cm³/mol. The van der Waals surface area contributed by atoms with Gasteiger partial charge in [0.1, 0.15) is 0 Å². The standard InChI is InChI=1S/C19H16N4O4/c1-12-15(19(25)23(22-12)14-5-3-2-4-6-14)10-20-21-18(24)13-7-8-16-17(9-13)27-11-26-16/h2-10,22H,11H2,1H3,(H,21,24)/b20-10+. The van der Waals surface area contributed by atoms with E-state index in [0.29, 0.717) is 28.3 Å². The fraction of sp³-hybridized carbons (Fsp3) is 0.105. The first-order chi connectivity index (χ1) is 13.1. The van der Waals surface area contributed by atoms with E-state index in [2.05, 4.69) is 15.6 Å². The van der Waals surface area contributed by atoms with E-state index in [9.17, 15) is 9.59 Å². The highest BCUT2D eigenvalue weighted by atomic mass is 16.7. The molecule has 0 spiro atoms. The highest BCUT2D eigenvalue weighted by Gasteiger charge is 2.16. The van der Waals surface area contributed by atoms with Crippen molar-refractivity contribution in [1.82, 2.24) is 15.2 Å². The highest BCUT2D eigenvalue weighted by molar-refractivity contribution is 5.95. The molecule has 1 amide bonds. The molecule has 8 nitrogen and oxygen atoms in total. The molecule has 0 fully saturated rings. The second-order valence-electron chi connectivity index (χ2n) is 5.89. The molecule has 0 unspecified atom stereocenters. The number of hydrogen-bond acceptors (Lipinski definition) is 5. The lowest BCUT2D eigenvalue weighted by molar-refractivity contribution is 0.0954. The molecule has 1 aromatic heterocycles. The van der Waals surface area contributed by atoms with E-state index in [1.807, 2.05) is 30.3 Å². The van der Waals surface area contributed by atoms with Crippen LogP contribution in [0.3, 0.4) is 0 Å². The lowest BCUT2D eigenvalue weighted by Gasteiger charge is -2.01. The number of para-hydroxylation sites is 1. The summed E-state index contributed by atoms with van der Waals surface area (Å²) in [6.07, 6.45) is 1.33. The van der Waals surface area contributed by atoms with Crippen molar-refractivity contribution >= 4 is 12.1 Å². The summed E-state index contributed by atoms with van der Waals surface area (Å²) in [7, 11) is 0. The van der Waals surface area contributed by atoms with Gasteiger partial charge in [-0.2, -0.15) is 5.10 Å². The van der Waals surface area contributed by atoms with Crippen LogP contribution in [-0.2, 0) is 0 Å². The van der Waals surface area contributed by atoms with E-state index in [1.54, 1.807) is 25.1 Å². The molecule has 0 saturated heterocycles. The maximum atomic E-state index is 12.6. The van der Waals surface area contributed by atoms with Crippen LogP contribution in [0.2, 0.25) is 0 Å². The lowest BCUT2D eigenvalue weighted by Crippen LogP contribution is -2.20. The first kappa shape index (κ1) is 16.6. The van der Waals surface area contributed by atoms with Crippen LogP contribution in [0.15, 0.2) is 58.4 Å². The van der Waals surface area contributed by atoms with E-state index >= 15 is 0 Å². The number of benzene rings is 2. The monoisotopic (exact) mass is 364 g/mol. The minimum absolute atomic E-state index is 0.138. The van der Waals surface area contributed by atoms with Gasteiger partial charge < -0.3 is 9.47 Å². The van der Waals surface area contributed by atoms with Crippen LogP contribution in [0, 0.1) is 6.92 Å². The molecule has 2 heterocycles. The minimum Gasteiger partial charge on any atom is -0.454 e. The number of hydrogen-bond donors (Lipinski definition) is 2. The summed E-state index contributed by atoms with van der Waals surface area (Å²) in [6, 6.07) is 14.1. The molecule has 4 rings (SSSR count). The Balaban J connectivity index is 1.51. The summed E-state index contributed by atoms with van der Waals surface area (Å²) < 4.78 is 11.9. The van der Waals surface area contributed by atoms with Crippen LogP contribution in [-0.4, -0.2) is 28.7 Å². The van der Waals surface area contributed by atoms with Gasteiger partial charge in [-0.05, 0) is 37.3 Å². The zero-order valence-corrected chi connectivity index (χ0v) is 14.4. The van der Waals surface area contributed by atoms with Crippen molar-refractivity contribution in [1.29, 1.82) is 0 Å². The number of aryl methyl sites for hydroxylation is 1. The minimum atomic E-state index is -0.416. The van der Waals surface area contributed by atoms with Crippen molar-refractivity contribution in [2.75, 3.05) is 6.79 Å². The number of amides is 1. The molecule has 2 N–H and O–H groups in total. The van der Waals surface area contributed by atoms with Crippen molar-refractivity contribution in [3.63, 3.8) is 0 Å². The second kappa shape index (κ2) is 6.83. The van der Waals surface area contributed by atoms with Gasteiger partial charge in [0, 0.05) is 11.3 Å². The van der Waals surface area contributed by atoms with Crippen molar-refractivity contribution in [3.8, 4) is 17.2 Å². The fourth-order valence-electron chi connectivity index (χ4n) is 2.73. The van der Waals surface area contributed by atoms with Gasteiger partial charge in [-0.3, -0.25) is 14.7 Å². The smallest absolute Gasteiger partial charge is 0.280 e. The van der Waals surface area contributed by atoms with E-state index in [0.717, 1.165) is 5.69 Å². The van der Waals surface area contributed by atoms with Gasteiger partial charge in [0.05, 0.1) is 17.5 Å². The average molecular weight is 364 g/mol. The largest absolute Gasteiger partial charge is 0.454 e. The summed E-state index contributed by atoms with van der Waals surface area (Å²) in [5.41, 5.74) is 4.27. The molecule has 0 atom stereocenters. The summed E-state index contributed by atoms with van der Waals surface area (Å²) in [6.45, 7) is 1.90. The van der Waals surface area contributed by atoms with E-state index in [4.69, 9.17) is 9.47 Å². The van der Waals surface area contributed by atoms with Crippen LogP contribution in [0.4, 0.5) is 0 Å². The van der Waals surface area contributed by atoms with Crippen LogP contribution in [0.5, 0.6) is 11.5 Å². The third-order valence-electron chi connectivity index (χ3n) is 4.13. The fourth-order valence-corrected chi connectivity index (χ4v) is 2.73. The number of rotatable bonds is 4. The van der Waals surface area contributed by atoms with Crippen molar-refractivity contribution in [2.24, 2.45) is 5.10 Å². The number of nitrogens with zero attached hydrogens (tertiary/aromatic N) is 2. The van der Waals surface area contributed by atoms with Gasteiger partial charge in [0.15, 0.2) is 11.5 Å². The molecular weight excluding hydrogens is 348 g/mol. The number of carbonyl (C=O) groups excluding carboxylic acids is 1. The molecule has 0 bridgehead atoms. The maximum absolute atomic E-state index is 12.6. The Morgan fingerprint density at radius 2 is 1.96 bits per heavy atom. The third-order valence-corrected chi connectivity index (χ3v) is 4.13. The van der Waals surface area contributed by atoms with E-state index < -0.39 is 5.91 Å². The van der Waals surface area contributed by atoms with Gasteiger partial charge in [-0.1, -0.05) is 18.2 Å². The Hall–Kier alpha value is -3.81. The summed E-state index contributed by atoms with van der Waals surface area (Å²) in [5, 5.41) is 6.91. The molecule has 136 valence electrons. The SMILES string of the molecule is Cc1[nH]n(-c2ccccc2)c(=O)c1/C=N/NC(=O)c1ccc2c(c1)OCO2. The number of fused-ring (bicyclic) bond motifs is 1. The topological polar surface area (TPSA) is 97.7 Å². The molecule has 27 heavy (non-hydrogen) atoms. The number of hydrazone groups is 1. The molecule has 3 aromatic rings. The maximum Gasteiger partial charge on any atom is 0.280 e. The van der Waals surface area contributed by atoms with E-state index in [-0.39, 0.29) is 12.4 Å². The van der Waals surface area contributed by atoms with Crippen molar-refractivity contribution < 1.29 is 14.3 Å². The number of ether oxygens (including phenoxy) is 2. The zero-order valence-electron chi connectivity index (χ0n) is 14.4. The van der Waals surface area contributed by atoms with Crippen LogP contribution < -0.4 is 20.5 Å². The molecule has 8 heteroatoms. The highest BCUT2D eigenvalue weighted by Crippen LogP contribution is 2.32. The Morgan fingerprint density at radius 1 is 1.19 bits per heavy atom. The molecule has 0 aliphatic carbocycles. The van der Waals surface area contributed by atoms with E-state index in [1.165, 1.54) is 10.9 Å². The molecular formula is C19H16N4O4. The number of nitrogens with one attached hydrogen (secondary N) is 2. The molecule has 1 aliphatic rings. The van der Waals surface area contributed by atoms with Gasteiger partial charge in [0.25, 0.3) is 11.5 Å². The number of H-pyrrole nitrogens is 1. The first-order valence-corrected chi connectivity index (χ1v) is 8.23. The quantitative estimate of drug-likeness (QED) is 0.546. The summed E-state index contributed by atoms with van der Waals surface area (Å²) >= 11 is 0. The summed E-state index contributed by atoms with van der Waals surface area (Å²) in [4.78, 5) is 24.8. The van der Waals surface area contributed by atoms with Crippen molar-refractivity contribution in [2.45, 2.75) is 6.92 Å². The molecule has 2 aromatic carbocycles. The molecule has 0 radical (unpaired) electrons. The second-order valence-corrected chi connectivity index (χ2v) is 5.89. The number of aromatic nitrogens is 2. The molecule has 1 aliphatic heterocycles. The first-order valence-electron chi connectivity index (χ1n) is 8.23. The zero-order chi connectivity index (χ0) is 18.8. The van der Waals surface area contributed by atoms with Crippen LogP contribution in [0.1, 0.15) is 21.6 Å². The Kier molecular flexibility index (Phi) is 4.21. The van der Waals surface area contributed by atoms with Gasteiger partial charge in [0.2, 0.25) is 6.79 Å². The Bertz CT molecular complexity index is 1080. The predicted octanol–water partition coefficient (Wildman–Crippen LogP) is 1.97. The normalized spacial score (nSPS) is 12.5. The summed E-state index contributed by atoms with van der Waals surface area (Å²) in [5.74, 6) is 0.694. The van der Waals surface area contributed by atoms with Crippen molar-refractivity contribution in [3.05, 3.63) is 75.7 Å². The molecule has 0 saturated carbocycles.